The lowest BCUT2D eigenvalue weighted by Crippen LogP contribution is -2.42. The number of guanidine groups is 1. The molecule has 0 fully saturated rings. The van der Waals surface area contributed by atoms with Crippen molar-refractivity contribution in [2.24, 2.45) is 12.0 Å². The first-order chi connectivity index (χ1) is 12.1. The second-order valence-corrected chi connectivity index (χ2v) is 5.54. The zero-order valence-corrected chi connectivity index (χ0v) is 17.6. The number of ether oxygens (including phenoxy) is 1. The van der Waals surface area contributed by atoms with Crippen LogP contribution in [0, 0.1) is 5.82 Å². The van der Waals surface area contributed by atoms with Crippen molar-refractivity contribution >= 4 is 29.9 Å². The number of benzene rings is 1. The van der Waals surface area contributed by atoms with Gasteiger partial charge in [0.2, 0.25) is 0 Å². The smallest absolute Gasteiger partial charge is 0.191 e. The van der Waals surface area contributed by atoms with E-state index in [4.69, 9.17) is 4.74 Å². The Kier molecular flexibility index (Phi) is 9.92. The number of hydrogen-bond acceptors (Lipinski definition) is 4. The molecule has 2 aromatic rings. The Balaban J connectivity index is 0.00000338. The van der Waals surface area contributed by atoms with Crippen molar-refractivity contribution in [2.45, 2.75) is 32.9 Å². The van der Waals surface area contributed by atoms with Gasteiger partial charge in [0.25, 0.3) is 0 Å². The normalized spacial score (nSPS) is 12.2. The topological polar surface area (TPSA) is 76.4 Å². The lowest BCUT2D eigenvalue weighted by molar-refractivity contribution is 0.198. The third-order valence-corrected chi connectivity index (χ3v) is 3.58. The quantitative estimate of drug-likeness (QED) is 0.348. The molecular formula is C17H26FIN6O. The molecule has 2 N–H and O–H groups in total. The Hall–Kier alpha value is -1.91. The fourth-order valence-electron chi connectivity index (χ4n) is 2.15. The fourth-order valence-corrected chi connectivity index (χ4v) is 2.15. The fraction of sp³-hybridized carbons (Fsp3) is 0.471. The first-order valence-electron chi connectivity index (χ1n) is 8.39. The lowest BCUT2D eigenvalue weighted by atomic mass is 10.2. The summed E-state index contributed by atoms with van der Waals surface area (Å²) in [5.74, 6) is 1.67. The molecule has 0 aliphatic rings. The van der Waals surface area contributed by atoms with Crippen LogP contribution in [0.5, 0.6) is 5.75 Å². The van der Waals surface area contributed by atoms with Gasteiger partial charge < -0.3 is 19.9 Å². The largest absolute Gasteiger partial charge is 0.489 e. The maximum atomic E-state index is 13.3. The van der Waals surface area contributed by atoms with Crippen molar-refractivity contribution in [1.29, 1.82) is 0 Å². The third kappa shape index (κ3) is 7.14. The van der Waals surface area contributed by atoms with Crippen LogP contribution in [-0.4, -0.2) is 39.9 Å². The van der Waals surface area contributed by atoms with Crippen LogP contribution < -0.4 is 15.4 Å². The molecule has 0 bridgehead atoms. The highest BCUT2D eigenvalue weighted by Crippen LogP contribution is 2.14. The van der Waals surface area contributed by atoms with E-state index < -0.39 is 0 Å². The Morgan fingerprint density at radius 1 is 1.35 bits per heavy atom. The second-order valence-electron chi connectivity index (χ2n) is 5.54. The van der Waals surface area contributed by atoms with E-state index in [0.29, 0.717) is 24.8 Å². The Morgan fingerprint density at radius 2 is 2.15 bits per heavy atom. The van der Waals surface area contributed by atoms with Crippen LogP contribution >= 0.6 is 24.0 Å². The summed E-state index contributed by atoms with van der Waals surface area (Å²) in [5, 5.41) is 14.3. The van der Waals surface area contributed by atoms with Crippen LogP contribution in [0.2, 0.25) is 0 Å². The molecule has 1 heterocycles. The van der Waals surface area contributed by atoms with Crippen molar-refractivity contribution in [3.8, 4) is 5.75 Å². The maximum absolute atomic E-state index is 13.3. The van der Waals surface area contributed by atoms with Gasteiger partial charge in [-0.2, -0.15) is 0 Å². The predicted molar refractivity (Wildman–Crippen MR) is 110 cm³/mol. The number of aromatic nitrogens is 3. The molecule has 0 radical (unpaired) electrons. The summed E-state index contributed by atoms with van der Waals surface area (Å²) in [4.78, 5) is 4.50. The molecule has 1 unspecified atom stereocenters. The van der Waals surface area contributed by atoms with Gasteiger partial charge in [-0.05, 0) is 25.5 Å². The van der Waals surface area contributed by atoms with E-state index in [-0.39, 0.29) is 35.9 Å². The molecule has 0 saturated heterocycles. The molecule has 1 aromatic carbocycles. The van der Waals surface area contributed by atoms with Crippen molar-refractivity contribution < 1.29 is 9.13 Å². The van der Waals surface area contributed by atoms with Crippen molar-refractivity contribution in [3.63, 3.8) is 0 Å². The zero-order chi connectivity index (χ0) is 18.1. The second kappa shape index (κ2) is 11.7. The number of aryl methyl sites for hydroxylation is 1. The summed E-state index contributed by atoms with van der Waals surface area (Å²) in [6.45, 7) is 5.74. The van der Waals surface area contributed by atoms with Gasteiger partial charge in [0, 0.05) is 19.7 Å². The van der Waals surface area contributed by atoms with E-state index in [1.807, 2.05) is 25.5 Å². The minimum Gasteiger partial charge on any atom is -0.489 e. The van der Waals surface area contributed by atoms with E-state index in [9.17, 15) is 4.39 Å². The molecule has 0 saturated carbocycles. The van der Waals surface area contributed by atoms with Crippen LogP contribution in [0.25, 0.3) is 0 Å². The molecule has 1 atom stereocenters. The Bertz CT molecular complexity index is 693. The predicted octanol–water partition coefficient (Wildman–Crippen LogP) is 2.48. The van der Waals surface area contributed by atoms with Crippen LogP contribution in [0.15, 0.2) is 35.6 Å². The molecule has 2 rings (SSSR count). The minimum atomic E-state index is -0.307. The van der Waals surface area contributed by atoms with Gasteiger partial charge in [0.05, 0.1) is 6.54 Å². The molecular weight excluding hydrogens is 450 g/mol. The van der Waals surface area contributed by atoms with Gasteiger partial charge in [-0.1, -0.05) is 13.0 Å². The van der Waals surface area contributed by atoms with Crippen molar-refractivity contribution in [3.05, 3.63) is 42.2 Å². The standard InChI is InChI=1S/C17H25FN6O.HI/c1-4-14(25-15-8-6-7-13(18)9-15)10-20-17(19-5-2)21-11-16-23-22-12-24(16)3;/h6-9,12,14H,4-5,10-11H2,1-3H3,(H2,19,20,21);1H. The number of aliphatic imine (C=N–C) groups is 1. The minimum absolute atomic E-state index is 0. The summed E-state index contributed by atoms with van der Waals surface area (Å²) < 4.78 is 20.9. The highest BCUT2D eigenvalue weighted by molar-refractivity contribution is 14.0. The average molecular weight is 476 g/mol. The zero-order valence-electron chi connectivity index (χ0n) is 15.3. The summed E-state index contributed by atoms with van der Waals surface area (Å²) >= 11 is 0. The lowest BCUT2D eigenvalue weighted by Gasteiger charge is -2.20. The van der Waals surface area contributed by atoms with Crippen LogP contribution in [-0.2, 0) is 13.6 Å². The van der Waals surface area contributed by atoms with E-state index in [0.717, 1.165) is 18.8 Å². The number of nitrogens with zero attached hydrogens (tertiary/aromatic N) is 4. The first kappa shape index (κ1) is 22.1. The van der Waals surface area contributed by atoms with Gasteiger partial charge in [-0.25, -0.2) is 9.38 Å². The Morgan fingerprint density at radius 3 is 2.77 bits per heavy atom. The first-order valence-corrected chi connectivity index (χ1v) is 8.39. The summed E-state index contributed by atoms with van der Waals surface area (Å²) in [6, 6.07) is 6.17. The summed E-state index contributed by atoms with van der Waals surface area (Å²) in [5.41, 5.74) is 0. The van der Waals surface area contributed by atoms with E-state index in [1.165, 1.54) is 12.1 Å². The number of nitrogens with one attached hydrogen (secondary N) is 2. The molecule has 0 aliphatic carbocycles. The van der Waals surface area contributed by atoms with Gasteiger partial charge in [0.1, 0.15) is 30.5 Å². The highest BCUT2D eigenvalue weighted by Gasteiger charge is 2.10. The van der Waals surface area contributed by atoms with Gasteiger partial charge in [0.15, 0.2) is 11.8 Å². The van der Waals surface area contributed by atoms with E-state index in [1.54, 1.807) is 18.5 Å². The monoisotopic (exact) mass is 476 g/mol. The van der Waals surface area contributed by atoms with Crippen molar-refractivity contribution in [1.82, 2.24) is 25.4 Å². The molecule has 7 nitrogen and oxygen atoms in total. The van der Waals surface area contributed by atoms with E-state index in [2.05, 4.69) is 25.8 Å². The van der Waals surface area contributed by atoms with Gasteiger partial charge >= 0.3 is 0 Å². The maximum Gasteiger partial charge on any atom is 0.191 e. The summed E-state index contributed by atoms with van der Waals surface area (Å²) in [6.07, 6.45) is 2.33. The molecule has 0 amide bonds. The van der Waals surface area contributed by atoms with Gasteiger partial charge in [-0.3, -0.25) is 0 Å². The van der Waals surface area contributed by atoms with E-state index >= 15 is 0 Å². The molecule has 26 heavy (non-hydrogen) atoms. The SMILES string of the molecule is CCNC(=NCc1nncn1C)NCC(CC)Oc1cccc(F)c1.I. The van der Waals surface area contributed by atoms with Crippen LogP contribution in [0.3, 0.4) is 0 Å². The van der Waals surface area contributed by atoms with Crippen LogP contribution in [0.4, 0.5) is 4.39 Å². The molecule has 0 aliphatic heterocycles. The average Bonchev–Trinajstić information content (AvgIpc) is 3.01. The molecule has 9 heteroatoms. The molecule has 144 valence electrons. The number of hydrogen-bond donors (Lipinski definition) is 2. The van der Waals surface area contributed by atoms with Crippen LogP contribution in [0.1, 0.15) is 26.1 Å². The van der Waals surface area contributed by atoms with Crippen molar-refractivity contribution in [2.75, 3.05) is 13.1 Å². The highest BCUT2D eigenvalue weighted by atomic mass is 127. The molecule has 0 spiro atoms. The number of rotatable bonds is 8. The van der Waals surface area contributed by atoms with Gasteiger partial charge in [-0.15, -0.1) is 34.2 Å². The Labute approximate surface area is 170 Å². The number of halogens is 2. The molecule has 1 aromatic heterocycles. The summed E-state index contributed by atoms with van der Waals surface area (Å²) in [7, 11) is 1.88. The third-order valence-electron chi connectivity index (χ3n) is 3.58.